The van der Waals surface area contributed by atoms with Gasteiger partial charge in [0.2, 0.25) is 0 Å². The van der Waals surface area contributed by atoms with Crippen LogP contribution >= 0.6 is 11.6 Å². The fourth-order valence-electron chi connectivity index (χ4n) is 2.64. The summed E-state index contributed by atoms with van der Waals surface area (Å²) in [6.07, 6.45) is 2.91. The molecule has 0 spiro atoms. The van der Waals surface area contributed by atoms with Gasteiger partial charge in [-0.25, -0.2) is 8.78 Å². The van der Waals surface area contributed by atoms with E-state index in [1.54, 1.807) is 0 Å². The van der Waals surface area contributed by atoms with Crippen molar-refractivity contribution in [2.24, 2.45) is 11.8 Å². The van der Waals surface area contributed by atoms with Gasteiger partial charge >= 0.3 is 0 Å². The molecule has 2 rings (SSSR count). The molecule has 110 valence electrons. The van der Waals surface area contributed by atoms with Crippen LogP contribution in [0, 0.1) is 23.5 Å². The summed E-state index contributed by atoms with van der Waals surface area (Å²) in [6.45, 7) is 0.506. The molecule has 2 atom stereocenters. The van der Waals surface area contributed by atoms with Gasteiger partial charge in [-0.3, -0.25) is 4.79 Å². The third-order valence-electron chi connectivity index (χ3n) is 3.83. The summed E-state index contributed by atoms with van der Waals surface area (Å²) in [5.74, 6) is -2.31. The average Bonchev–Trinajstić information content (AvgIpc) is 2.87. The normalized spacial score (nSPS) is 22.0. The maximum atomic E-state index is 13.1. The second-order valence-corrected chi connectivity index (χ2v) is 5.50. The maximum Gasteiger partial charge on any atom is 0.252 e. The van der Waals surface area contributed by atoms with Crippen molar-refractivity contribution < 1.29 is 18.7 Å². The second kappa shape index (κ2) is 6.50. The first-order chi connectivity index (χ1) is 9.52. The number of carbonyl (C=O) groups is 1. The zero-order chi connectivity index (χ0) is 14.7. The highest BCUT2D eigenvalue weighted by atomic mass is 35.5. The lowest BCUT2D eigenvalue weighted by Gasteiger charge is -2.18. The quantitative estimate of drug-likeness (QED) is 0.840. The highest BCUT2D eigenvalue weighted by Crippen LogP contribution is 2.30. The topological polar surface area (TPSA) is 49.3 Å². The van der Waals surface area contributed by atoms with Crippen LogP contribution in [0.3, 0.4) is 0 Å². The van der Waals surface area contributed by atoms with Crippen LogP contribution in [-0.4, -0.2) is 24.2 Å². The molecule has 1 aliphatic rings. The lowest BCUT2D eigenvalue weighted by atomic mass is 9.97. The van der Waals surface area contributed by atoms with Crippen LogP contribution in [-0.2, 0) is 0 Å². The Morgan fingerprint density at radius 3 is 2.65 bits per heavy atom. The molecule has 1 saturated carbocycles. The zero-order valence-electron chi connectivity index (χ0n) is 10.8. The molecule has 2 N–H and O–H groups in total. The minimum Gasteiger partial charge on any atom is -0.396 e. The van der Waals surface area contributed by atoms with Crippen molar-refractivity contribution in [1.82, 2.24) is 5.32 Å². The van der Waals surface area contributed by atoms with Crippen LogP contribution in [0.25, 0.3) is 0 Å². The second-order valence-electron chi connectivity index (χ2n) is 5.09. The van der Waals surface area contributed by atoms with E-state index in [2.05, 4.69) is 5.32 Å². The molecule has 1 aliphatic carbocycles. The van der Waals surface area contributed by atoms with Gasteiger partial charge in [0.1, 0.15) is 0 Å². The van der Waals surface area contributed by atoms with E-state index in [0.29, 0.717) is 6.54 Å². The van der Waals surface area contributed by atoms with Gasteiger partial charge in [0.05, 0.1) is 10.6 Å². The molecule has 6 heteroatoms. The van der Waals surface area contributed by atoms with Gasteiger partial charge in [-0.2, -0.15) is 0 Å². The van der Waals surface area contributed by atoms with E-state index in [1.165, 1.54) is 0 Å². The monoisotopic (exact) mass is 303 g/mol. The largest absolute Gasteiger partial charge is 0.396 e. The average molecular weight is 304 g/mol. The van der Waals surface area contributed by atoms with Crippen LogP contribution in [0.5, 0.6) is 0 Å². The predicted octanol–water partition coefficient (Wildman–Crippen LogP) is 2.76. The maximum absolute atomic E-state index is 13.1. The van der Waals surface area contributed by atoms with E-state index in [-0.39, 0.29) is 29.0 Å². The number of hydrogen-bond donors (Lipinski definition) is 2. The Balaban J connectivity index is 2.00. The first-order valence-corrected chi connectivity index (χ1v) is 6.94. The molecule has 1 fully saturated rings. The third-order valence-corrected chi connectivity index (χ3v) is 4.14. The number of halogens is 3. The first-order valence-electron chi connectivity index (χ1n) is 6.56. The summed E-state index contributed by atoms with van der Waals surface area (Å²) >= 11 is 5.74. The molecular weight excluding hydrogens is 288 g/mol. The Morgan fingerprint density at radius 1 is 1.30 bits per heavy atom. The molecular formula is C14H16ClF2NO2. The van der Waals surface area contributed by atoms with Gasteiger partial charge < -0.3 is 10.4 Å². The molecule has 0 heterocycles. The molecule has 20 heavy (non-hydrogen) atoms. The summed E-state index contributed by atoms with van der Waals surface area (Å²) in [6, 6.07) is 1.59. The Hall–Kier alpha value is -1.20. The van der Waals surface area contributed by atoms with Crippen LogP contribution in [0.15, 0.2) is 12.1 Å². The van der Waals surface area contributed by atoms with Crippen LogP contribution in [0.4, 0.5) is 8.78 Å². The number of aliphatic hydroxyl groups excluding tert-OH is 1. The van der Waals surface area contributed by atoms with Gasteiger partial charge in [0.15, 0.2) is 11.6 Å². The number of benzene rings is 1. The summed E-state index contributed by atoms with van der Waals surface area (Å²) in [5, 5.41) is 11.8. The lowest BCUT2D eigenvalue weighted by Crippen LogP contribution is -2.32. The van der Waals surface area contributed by atoms with Crippen LogP contribution < -0.4 is 5.32 Å². The van der Waals surface area contributed by atoms with Gasteiger partial charge in [-0.05, 0) is 36.8 Å². The van der Waals surface area contributed by atoms with E-state index in [4.69, 9.17) is 11.6 Å². The van der Waals surface area contributed by atoms with Gasteiger partial charge in [0.25, 0.3) is 5.91 Å². The molecule has 1 amide bonds. The van der Waals surface area contributed by atoms with Gasteiger partial charge in [0, 0.05) is 13.2 Å². The van der Waals surface area contributed by atoms with Crippen molar-refractivity contribution in [3.05, 3.63) is 34.4 Å². The summed E-state index contributed by atoms with van der Waals surface area (Å²) < 4.78 is 26.1. The van der Waals surface area contributed by atoms with Crippen molar-refractivity contribution in [3.63, 3.8) is 0 Å². The molecule has 3 nitrogen and oxygen atoms in total. The predicted molar refractivity (Wildman–Crippen MR) is 71.6 cm³/mol. The first kappa shape index (κ1) is 15.2. The third kappa shape index (κ3) is 3.27. The summed E-state index contributed by atoms with van der Waals surface area (Å²) in [7, 11) is 0. The fourth-order valence-corrected chi connectivity index (χ4v) is 2.87. The number of carbonyl (C=O) groups excluding carboxylic acids is 1. The molecule has 0 radical (unpaired) electrons. The SMILES string of the molecule is O=C(NCC1CCCC1CO)c1cc(F)c(F)cc1Cl. The summed E-state index contributed by atoms with van der Waals surface area (Å²) in [4.78, 5) is 11.9. The van der Waals surface area contributed by atoms with E-state index in [1.807, 2.05) is 0 Å². The number of aliphatic hydroxyl groups is 1. The minimum absolute atomic E-state index is 0.0795. The standard InChI is InChI=1S/C14H16ClF2NO2/c15-11-5-13(17)12(16)4-10(11)14(20)18-6-8-2-1-3-9(8)7-19/h4-5,8-9,19H,1-3,6-7H2,(H,18,20). The van der Waals surface area contributed by atoms with Crippen LogP contribution in [0.1, 0.15) is 29.6 Å². The van der Waals surface area contributed by atoms with Crippen LogP contribution in [0.2, 0.25) is 5.02 Å². The fraction of sp³-hybridized carbons (Fsp3) is 0.500. The molecule has 0 aliphatic heterocycles. The Morgan fingerprint density at radius 2 is 1.95 bits per heavy atom. The van der Waals surface area contributed by atoms with Gasteiger partial charge in [-0.15, -0.1) is 0 Å². The Bertz CT molecular complexity index is 510. The van der Waals surface area contributed by atoms with Crippen molar-refractivity contribution in [2.45, 2.75) is 19.3 Å². The van der Waals surface area contributed by atoms with E-state index < -0.39 is 17.5 Å². The summed E-state index contributed by atoms with van der Waals surface area (Å²) in [5.41, 5.74) is -0.0795. The van der Waals surface area contributed by atoms with Crippen molar-refractivity contribution in [3.8, 4) is 0 Å². The highest BCUT2D eigenvalue weighted by Gasteiger charge is 2.27. The van der Waals surface area contributed by atoms with Crippen molar-refractivity contribution in [2.75, 3.05) is 13.2 Å². The molecule has 0 saturated heterocycles. The number of rotatable bonds is 4. The van der Waals surface area contributed by atoms with E-state index in [9.17, 15) is 18.7 Å². The number of nitrogens with one attached hydrogen (secondary N) is 1. The van der Waals surface area contributed by atoms with Crippen molar-refractivity contribution >= 4 is 17.5 Å². The molecule has 1 aromatic carbocycles. The van der Waals surface area contributed by atoms with E-state index >= 15 is 0 Å². The number of hydrogen-bond acceptors (Lipinski definition) is 2. The Kier molecular flexibility index (Phi) is 4.94. The minimum atomic E-state index is -1.10. The Labute approximate surface area is 120 Å². The molecule has 0 bridgehead atoms. The van der Waals surface area contributed by atoms with Crippen molar-refractivity contribution in [1.29, 1.82) is 0 Å². The molecule has 2 unspecified atom stereocenters. The smallest absolute Gasteiger partial charge is 0.252 e. The highest BCUT2D eigenvalue weighted by molar-refractivity contribution is 6.33. The zero-order valence-corrected chi connectivity index (χ0v) is 11.6. The lowest BCUT2D eigenvalue weighted by molar-refractivity contribution is 0.0937. The molecule has 0 aromatic heterocycles. The number of amides is 1. The van der Waals surface area contributed by atoms with E-state index in [0.717, 1.165) is 31.4 Å². The van der Waals surface area contributed by atoms with Gasteiger partial charge in [-0.1, -0.05) is 18.0 Å². The molecule has 1 aromatic rings.